The number of non-ortho nitro benzene ring substituents is 1. The van der Waals surface area contributed by atoms with Crippen LogP contribution in [0.2, 0.25) is 0 Å². The highest BCUT2D eigenvalue weighted by Gasteiger charge is 2.35. The van der Waals surface area contributed by atoms with Crippen molar-refractivity contribution in [2.75, 3.05) is 5.43 Å². The number of alkyl halides is 1. The second-order valence-electron chi connectivity index (χ2n) is 6.42. The molecule has 3 aromatic rings. The molecule has 8 nitrogen and oxygen atoms in total. The molecule has 0 heterocycles. The van der Waals surface area contributed by atoms with Crippen LogP contribution in [-0.4, -0.2) is 15.6 Å². The topological polar surface area (TPSA) is 111 Å². The number of nitrogens with one attached hydrogen (secondary N) is 1. The van der Waals surface area contributed by atoms with E-state index in [1.54, 1.807) is 6.92 Å². The number of benzene rings is 3. The first kappa shape index (κ1) is 20.9. The predicted octanol–water partition coefficient (Wildman–Crippen LogP) is 5.47. The van der Waals surface area contributed by atoms with E-state index in [9.17, 15) is 20.2 Å². The van der Waals surface area contributed by atoms with Crippen molar-refractivity contribution in [2.45, 2.75) is 11.8 Å². The number of nitro benzene ring substituents is 2. The lowest BCUT2D eigenvalue weighted by Gasteiger charge is -2.28. The molecule has 152 valence electrons. The molecule has 0 radical (unpaired) electrons. The van der Waals surface area contributed by atoms with Crippen molar-refractivity contribution in [1.82, 2.24) is 0 Å². The van der Waals surface area contributed by atoms with Gasteiger partial charge in [-0.15, -0.1) is 11.6 Å². The maximum atomic E-state index is 11.3. The van der Waals surface area contributed by atoms with Crippen LogP contribution in [0.15, 0.2) is 84.0 Å². The normalized spacial score (nSPS) is 11.7. The zero-order valence-electron chi connectivity index (χ0n) is 15.9. The highest BCUT2D eigenvalue weighted by atomic mass is 35.5. The van der Waals surface area contributed by atoms with Crippen LogP contribution in [0.1, 0.15) is 18.1 Å². The molecule has 0 aliphatic rings. The fourth-order valence-electron chi connectivity index (χ4n) is 3.02. The molecule has 0 spiro atoms. The molecule has 0 atom stereocenters. The molecule has 0 aliphatic heterocycles. The van der Waals surface area contributed by atoms with Crippen LogP contribution in [-0.2, 0) is 4.87 Å². The van der Waals surface area contributed by atoms with Gasteiger partial charge < -0.3 is 0 Å². The Hall–Kier alpha value is -3.78. The molecule has 0 aliphatic carbocycles. The van der Waals surface area contributed by atoms with Gasteiger partial charge in [0, 0.05) is 6.07 Å². The number of anilines is 1. The summed E-state index contributed by atoms with van der Waals surface area (Å²) < 4.78 is 0. The maximum absolute atomic E-state index is 11.3. The van der Waals surface area contributed by atoms with Gasteiger partial charge in [-0.05, 0) is 24.1 Å². The molecule has 3 rings (SSSR count). The number of nitro groups is 2. The molecule has 0 bridgehead atoms. The van der Waals surface area contributed by atoms with E-state index in [0.29, 0.717) is 5.71 Å². The second kappa shape index (κ2) is 8.71. The van der Waals surface area contributed by atoms with Crippen molar-refractivity contribution < 1.29 is 9.85 Å². The van der Waals surface area contributed by atoms with Crippen molar-refractivity contribution in [3.63, 3.8) is 0 Å². The fraction of sp³-hybridized carbons (Fsp3) is 0.0952. The van der Waals surface area contributed by atoms with Gasteiger partial charge in [0.15, 0.2) is 0 Å². The second-order valence-corrected chi connectivity index (χ2v) is 6.98. The summed E-state index contributed by atoms with van der Waals surface area (Å²) in [6.07, 6.45) is 0. The molecule has 30 heavy (non-hydrogen) atoms. The van der Waals surface area contributed by atoms with Gasteiger partial charge >= 0.3 is 5.69 Å². The number of rotatable bonds is 7. The molecule has 3 aromatic carbocycles. The minimum atomic E-state index is -1.12. The first-order chi connectivity index (χ1) is 14.3. The maximum Gasteiger partial charge on any atom is 0.301 e. The molecule has 0 amide bonds. The summed E-state index contributed by atoms with van der Waals surface area (Å²) >= 11 is 7.08. The first-order valence-corrected chi connectivity index (χ1v) is 9.25. The third-order valence-electron chi connectivity index (χ3n) is 4.57. The molecule has 0 saturated heterocycles. The van der Waals surface area contributed by atoms with Crippen LogP contribution < -0.4 is 5.43 Å². The van der Waals surface area contributed by atoms with Crippen molar-refractivity contribution in [3.05, 3.63) is 110 Å². The molecule has 0 aromatic heterocycles. The standard InChI is InChI=1S/C21H17ClN4O4/c1-15(23-24-19-13-12-18(25(27)28)14-20(19)26(29)30)21(22,16-8-4-2-5-9-16)17-10-6-3-7-11-17/h2-14,24H,1H3. The molecular formula is C21H17ClN4O4. The molecule has 0 saturated carbocycles. The lowest BCUT2D eigenvalue weighted by molar-refractivity contribution is -0.393. The molecule has 0 unspecified atom stereocenters. The van der Waals surface area contributed by atoms with E-state index in [2.05, 4.69) is 10.5 Å². The van der Waals surface area contributed by atoms with Gasteiger partial charge in [0.25, 0.3) is 5.69 Å². The fourth-order valence-corrected chi connectivity index (χ4v) is 3.31. The first-order valence-electron chi connectivity index (χ1n) is 8.87. The Kier molecular flexibility index (Phi) is 6.08. The number of halogens is 1. The van der Waals surface area contributed by atoms with Gasteiger partial charge in [-0.3, -0.25) is 25.7 Å². The van der Waals surface area contributed by atoms with Crippen molar-refractivity contribution >= 4 is 34.4 Å². The summed E-state index contributed by atoms with van der Waals surface area (Å²) in [5.41, 5.74) is 3.82. The van der Waals surface area contributed by atoms with E-state index in [4.69, 9.17) is 11.6 Å². The highest BCUT2D eigenvalue weighted by molar-refractivity contribution is 6.38. The summed E-state index contributed by atoms with van der Waals surface area (Å²) in [5, 5.41) is 26.6. The molecular weight excluding hydrogens is 408 g/mol. The smallest absolute Gasteiger partial charge is 0.272 e. The largest absolute Gasteiger partial charge is 0.301 e. The van der Waals surface area contributed by atoms with Crippen LogP contribution >= 0.6 is 11.6 Å². The van der Waals surface area contributed by atoms with Crippen LogP contribution in [0.5, 0.6) is 0 Å². The highest BCUT2D eigenvalue weighted by Crippen LogP contribution is 2.38. The summed E-state index contributed by atoms with van der Waals surface area (Å²) in [6.45, 7) is 1.71. The van der Waals surface area contributed by atoms with Crippen LogP contribution in [0.3, 0.4) is 0 Å². The van der Waals surface area contributed by atoms with E-state index < -0.39 is 20.4 Å². The SMILES string of the molecule is CC(=NNc1ccc([N+](=O)[O-])cc1[N+](=O)[O-])C(Cl)(c1ccccc1)c1ccccc1. The van der Waals surface area contributed by atoms with Crippen molar-refractivity contribution in [2.24, 2.45) is 5.10 Å². The van der Waals surface area contributed by atoms with Crippen LogP contribution in [0, 0.1) is 20.2 Å². The molecule has 1 N–H and O–H groups in total. The number of hydrazone groups is 1. The minimum Gasteiger partial charge on any atom is -0.272 e. The average Bonchev–Trinajstić information content (AvgIpc) is 2.77. The molecule has 9 heteroatoms. The van der Waals surface area contributed by atoms with Gasteiger partial charge in [0.05, 0.1) is 21.6 Å². The monoisotopic (exact) mass is 424 g/mol. The lowest BCUT2D eigenvalue weighted by atomic mass is 9.87. The Morgan fingerprint density at radius 2 is 1.43 bits per heavy atom. The average molecular weight is 425 g/mol. The van der Waals surface area contributed by atoms with Gasteiger partial charge in [-0.2, -0.15) is 5.10 Å². The van der Waals surface area contributed by atoms with E-state index in [1.165, 1.54) is 12.1 Å². The van der Waals surface area contributed by atoms with E-state index in [1.807, 2.05) is 60.7 Å². The van der Waals surface area contributed by atoms with Crippen LogP contribution in [0.4, 0.5) is 17.1 Å². The van der Waals surface area contributed by atoms with Crippen molar-refractivity contribution in [1.29, 1.82) is 0 Å². The zero-order chi connectivity index (χ0) is 21.7. The third-order valence-corrected chi connectivity index (χ3v) is 5.28. The van der Waals surface area contributed by atoms with E-state index in [-0.39, 0.29) is 11.4 Å². The van der Waals surface area contributed by atoms with Gasteiger partial charge in [-0.1, -0.05) is 60.7 Å². The minimum absolute atomic E-state index is 0.0186. The van der Waals surface area contributed by atoms with Crippen molar-refractivity contribution in [3.8, 4) is 0 Å². The Morgan fingerprint density at radius 3 is 1.90 bits per heavy atom. The number of hydrogen-bond donors (Lipinski definition) is 1. The Morgan fingerprint density at radius 1 is 0.900 bits per heavy atom. The molecule has 0 fully saturated rings. The summed E-state index contributed by atoms with van der Waals surface area (Å²) in [5.74, 6) is 0. The predicted molar refractivity (Wildman–Crippen MR) is 116 cm³/mol. The Labute approximate surface area is 177 Å². The summed E-state index contributed by atoms with van der Waals surface area (Å²) in [4.78, 5) is 19.7. The lowest BCUT2D eigenvalue weighted by Crippen LogP contribution is -2.30. The van der Waals surface area contributed by atoms with Gasteiger partial charge in [0.2, 0.25) is 0 Å². The summed E-state index contributed by atoms with van der Waals surface area (Å²) in [6, 6.07) is 21.9. The Bertz CT molecular complexity index is 1070. The zero-order valence-corrected chi connectivity index (χ0v) is 16.6. The van der Waals surface area contributed by atoms with Gasteiger partial charge in [-0.25, -0.2) is 0 Å². The van der Waals surface area contributed by atoms with Gasteiger partial charge in [0.1, 0.15) is 10.6 Å². The Balaban J connectivity index is 2.04. The third kappa shape index (κ3) is 4.13. The summed E-state index contributed by atoms with van der Waals surface area (Å²) in [7, 11) is 0. The van der Waals surface area contributed by atoms with Crippen LogP contribution in [0.25, 0.3) is 0 Å². The van der Waals surface area contributed by atoms with E-state index >= 15 is 0 Å². The quantitative estimate of drug-likeness (QED) is 0.234. The van der Waals surface area contributed by atoms with E-state index in [0.717, 1.165) is 17.2 Å². The number of hydrogen-bond acceptors (Lipinski definition) is 6. The number of nitrogens with zero attached hydrogens (tertiary/aromatic N) is 3.